The molecule has 0 unspecified atom stereocenters. The van der Waals surface area contributed by atoms with Crippen molar-refractivity contribution in [2.45, 2.75) is 13.0 Å². The Bertz CT molecular complexity index is 805. The Morgan fingerprint density at radius 1 is 1.24 bits per heavy atom. The van der Waals surface area contributed by atoms with Crippen LogP contribution in [0.1, 0.15) is 21.8 Å². The third-order valence-electron chi connectivity index (χ3n) is 3.76. The molecule has 1 amide bonds. The predicted octanol–water partition coefficient (Wildman–Crippen LogP) is 2.07. The van der Waals surface area contributed by atoms with Crippen molar-refractivity contribution in [1.82, 2.24) is 20.3 Å². The van der Waals surface area contributed by atoms with E-state index in [-0.39, 0.29) is 5.91 Å². The monoisotopic (exact) mass is 337 g/mol. The fourth-order valence-electron chi connectivity index (χ4n) is 2.31. The lowest BCUT2D eigenvalue weighted by atomic mass is 10.2. The van der Waals surface area contributed by atoms with E-state index in [0.29, 0.717) is 23.8 Å². The highest BCUT2D eigenvalue weighted by molar-refractivity contribution is 5.92. The van der Waals surface area contributed by atoms with Gasteiger partial charge in [0.15, 0.2) is 0 Å². The van der Waals surface area contributed by atoms with Crippen LogP contribution in [-0.2, 0) is 13.0 Å². The van der Waals surface area contributed by atoms with Crippen molar-refractivity contribution < 1.29 is 9.21 Å². The summed E-state index contributed by atoms with van der Waals surface area (Å²) in [6.07, 6.45) is 7.40. The maximum Gasteiger partial charge on any atom is 0.270 e. The normalized spacial score (nSPS) is 10.4. The van der Waals surface area contributed by atoms with Crippen LogP contribution in [0.2, 0.25) is 0 Å². The summed E-state index contributed by atoms with van der Waals surface area (Å²) in [5.74, 6) is 1.13. The Kier molecular flexibility index (Phi) is 5.36. The minimum absolute atomic E-state index is 0.261. The van der Waals surface area contributed by atoms with Crippen molar-refractivity contribution in [3.05, 3.63) is 72.3 Å². The zero-order valence-corrected chi connectivity index (χ0v) is 13.9. The number of rotatable bonds is 7. The zero-order chi connectivity index (χ0) is 17.5. The van der Waals surface area contributed by atoms with Crippen LogP contribution in [-0.4, -0.2) is 34.5 Å². The van der Waals surface area contributed by atoms with Gasteiger partial charge in [0.1, 0.15) is 23.6 Å². The standard InChI is InChI=1S/C18H19N5O2/c1-23(9-6-14-4-7-19-8-5-14)17-11-16(21-13-22-17)18(24)20-12-15-3-2-10-25-15/h2-5,7-8,10-11,13H,6,9,12H2,1H3,(H,20,24). The fourth-order valence-corrected chi connectivity index (χ4v) is 2.31. The van der Waals surface area contributed by atoms with Crippen molar-refractivity contribution >= 4 is 11.7 Å². The van der Waals surface area contributed by atoms with Gasteiger partial charge in [-0.15, -0.1) is 0 Å². The number of anilines is 1. The highest BCUT2D eigenvalue weighted by Crippen LogP contribution is 2.11. The summed E-state index contributed by atoms with van der Waals surface area (Å²) in [5, 5.41) is 2.78. The lowest BCUT2D eigenvalue weighted by molar-refractivity contribution is 0.0943. The van der Waals surface area contributed by atoms with Gasteiger partial charge in [0.25, 0.3) is 5.91 Å². The van der Waals surface area contributed by atoms with Gasteiger partial charge in [-0.05, 0) is 36.2 Å². The molecule has 0 fully saturated rings. The van der Waals surface area contributed by atoms with Gasteiger partial charge >= 0.3 is 0 Å². The molecule has 0 aliphatic rings. The van der Waals surface area contributed by atoms with Gasteiger partial charge in [0.2, 0.25) is 0 Å². The van der Waals surface area contributed by atoms with E-state index < -0.39 is 0 Å². The van der Waals surface area contributed by atoms with Crippen LogP contribution in [0, 0.1) is 0 Å². The molecule has 7 heteroatoms. The van der Waals surface area contributed by atoms with Crippen molar-refractivity contribution in [2.24, 2.45) is 0 Å². The predicted molar refractivity (Wildman–Crippen MR) is 93.1 cm³/mol. The average Bonchev–Trinajstić information content (AvgIpc) is 3.18. The van der Waals surface area contributed by atoms with E-state index >= 15 is 0 Å². The molecular weight excluding hydrogens is 318 g/mol. The van der Waals surface area contributed by atoms with E-state index in [1.165, 1.54) is 11.9 Å². The lowest BCUT2D eigenvalue weighted by Crippen LogP contribution is -2.25. The first-order valence-electron chi connectivity index (χ1n) is 7.95. The highest BCUT2D eigenvalue weighted by Gasteiger charge is 2.11. The quantitative estimate of drug-likeness (QED) is 0.710. The van der Waals surface area contributed by atoms with Crippen molar-refractivity contribution in [2.75, 3.05) is 18.5 Å². The van der Waals surface area contributed by atoms with Crippen LogP contribution in [0.25, 0.3) is 0 Å². The molecule has 1 N–H and O–H groups in total. The first-order valence-corrected chi connectivity index (χ1v) is 7.95. The van der Waals surface area contributed by atoms with Crippen LogP contribution in [0.3, 0.4) is 0 Å². The van der Waals surface area contributed by atoms with E-state index in [0.717, 1.165) is 13.0 Å². The van der Waals surface area contributed by atoms with E-state index in [9.17, 15) is 4.79 Å². The van der Waals surface area contributed by atoms with Crippen LogP contribution >= 0.6 is 0 Å². The number of nitrogens with zero attached hydrogens (tertiary/aromatic N) is 4. The smallest absolute Gasteiger partial charge is 0.270 e. The molecule has 0 saturated carbocycles. The second-order valence-electron chi connectivity index (χ2n) is 5.55. The van der Waals surface area contributed by atoms with Crippen molar-refractivity contribution in [3.63, 3.8) is 0 Å². The summed E-state index contributed by atoms with van der Waals surface area (Å²) in [6.45, 7) is 1.09. The molecule has 3 aromatic rings. The van der Waals surface area contributed by atoms with Gasteiger partial charge in [-0.3, -0.25) is 9.78 Å². The van der Waals surface area contributed by atoms with E-state index in [4.69, 9.17) is 4.42 Å². The number of amides is 1. The van der Waals surface area contributed by atoms with Gasteiger partial charge < -0.3 is 14.6 Å². The number of hydrogen-bond donors (Lipinski definition) is 1. The number of pyridine rings is 1. The van der Waals surface area contributed by atoms with E-state index in [2.05, 4.69) is 20.3 Å². The molecule has 25 heavy (non-hydrogen) atoms. The Labute approximate surface area is 145 Å². The molecule has 128 valence electrons. The summed E-state index contributed by atoms with van der Waals surface area (Å²) < 4.78 is 5.20. The van der Waals surface area contributed by atoms with Gasteiger partial charge in [-0.25, -0.2) is 9.97 Å². The molecule has 0 radical (unpaired) electrons. The molecule has 0 aliphatic carbocycles. The Morgan fingerprint density at radius 2 is 2.08 bits per heavy atom. The zero-order valence-electron chi connectivity index (χ0n) is 13.9. The lowest BCUT2D eigenvalue weighted by Gasteiger charge is -2.18. The van der Waals surface area contributed by atoms with Crippen molar-refractivity contribution in [3.8, 4) is 0 Å². The summed E-state index contributed by atoms with van der Waals surface area (Å²) >= 11 is 0. The number of likely N-dealkylation sites (N-methyl/N-ethyl adjacent to an activating group) is 1. The number of carbonyl (C=O) groups is 1. The third-order valence-corrected chi connectivity index (χ3v) is 3.76. The molecule has 0 saturated heterocycles. The largest absolute Gasteiger partial charge is 0.467 e. The van der Waals surface area contributed by atoms with Gasteiger partial charge in [-0.2, -0.15) is 0 Å². The van der Waals surface area contributed by atoms with Crippen LogP contribution in [0.4, 0.5) is 5.82 Å². The number of hydrogen-bond acceptors (Lipinski definition) is 6. The molecule has 0 bridgehead atoms. The van der Waals surface area contributed by atoms with Crippen LogP contribution in [0.5, 0.6) is 0 Å². The van der Waals surface area contributed by atoms with Gasteiger partial charge in [-0.1, -0.05) is 0 Å². The molecule has 0 atom stereocenters. The summed E-state index contributed by atoms with van der Waals surface area (Å²) in [7, 11) is 1.94. The van der Waals surface area contributed by atoms with Crippen molar-refractivity contribution in [1.29, 1.82) is 0 Å². The Morgan fingerprint density at radius 3 is 2.84 bits per heavy atom. The second kappa shape index (κ2) is 8.05. The van der Waals surface area contributed by atoms with Gasteiger partial charge in [0, 0.05) is 32.1 Å². The fraction of sp³-hybridized carbons (Fsp3) is 0.222. The molecular formula is C18H19N5O2. The summed E-state index contributed by atoms with van der Waals surface area (Å²) in [6, 6.07) is 9.24. The number of aromatic nitrogens is 3. The minimum Gasteiger partial charge on any atom is -0.467 e. The maximum absolute atomic E-state index is 12.2. The second-order valence-corrected chi connectivity index (χ2v) is 5.55. The van der Waals surface area contributed by atoms with Crippen LogP contribution < -0.4 is 10.2 Å². The van der Waals surface area contributed by atoms with Gasteiger partial charge in [0.05, 0.1) is 12.8 Å². The van der Waals surface area contributed by atoms with E-state index in [1.807, 2.05) is 24.1 Å². The topological polar surface area (TPSA) is 84.2 Å². The number of furan rings is 1. The first-order chi connectivity index (χ1) is 12.2. The average molecular weight is 337 g/mol. The maximum atomic E-state index is 12.2. The molecule has 7 nitrogen and oxygen atoms in total. The summed E-state index contributed by atoms with van der Waals surface area (Å²) in [5.41, 5.74) is 1.53. The number of carbonyl (C=O) groups excluding carboxylic acids is 1. The SMILES string of the molecule is CN(CCc1ccncc1)c1cc(C(=O)NCc2ccco2)ncn1. The molecule has 3 heterocycles. The Balaban J connectivity index is 1.59. The third kappa shape index (κ3) is 4.63. The highest BCUT2D eigenvalue weighted by atomic mass is 16.3. The van der Waals surface area contributed by atoms with E-state index in [1.54, 1.807) is 36.9 Å². The molecule has 0 aliphatic heterocycles. The minimum atomic E-state index is -0.261. The molecule has 3 aromatic heterocycles. The Hall–Kier alpha value is -3.22. The summed E-state index contributed by atoms with van der Waals surface area (Å²) in [4.78, 5) is 26.5. The molecule has 3 rings (SSSR count). The first kappa shape index (κ1) is 16.6. The number of nitrogens with one attached hydrogen (secondary N) is 1. The van der Waals surface area contributed by atoms with Crippen LogP contribution in [0.15, 0.2) is 59.7 Å². The molecule has 0 aromatic carbocycles. The molecule has 0 spiro atoms.